The van der Waals surface area contributed by atoms with Crippen LogP contribution in [0.3, 0.4) is 0 Å². The third-order valence-corrected chi connectivity index (χ3v) is 4.52. The van der Waals surface area contributed by atoms with E-state index < -0.39 is 0 Å². The number of nitrogens with one attached hydrogen (secondary N) is 1. The lowest BCUT2D eigenvalue weighted by molar-refractivity contribution is 0.439. The SMILES string of the molecule is Brc1cccc(C2(C3CCNC3)CC2)c1. The Morgan fingerprint density at radius 2 is 2.20 bits per heavy atom. The molecular weight excluding hydrogens is 250 g/mol. The molecule has 3 rings (SSSR count). The summed E-state index contributed by atoms with van der Waals surface area (Å²) in [5.41, 5.74) is 2.07. The fourth-order valence-corrected chi connectivity index (χ4v) is 3.39. The minimum atomic E-state index is 0.521. The van der Waals surface area contributed by atoms with Crippen molar-refractivity contribution in [3.05, 3.63) is 34.3 Å². The second-order valence-corrected chi connectivity index (χ2v) is 5.77. The second kappa shape index (κ2) is 3.60. The van der Waals surface area contributed by atoms with E-state index in [1.165, 1.54) is 36.8 Å². The van der Waals surface area contributed by atoms with Gasteiger partial charge < -0.3 is 5.32 Å². The minimum absolute atomic E-state index is 0.521. The first-order chi connectivity index (χ1) is 7.31. The topological polar surface area (TPSA) is 12.0 Å². The number of hydrogen-bond acceptors (Lipinski definition) is 1. The van der Waals surface area contributed by atoms with E-state index in [4.69, 9.17) is 0 Å². The van der Waals surface area contributed by atoms with E-state index in [1.807, 2.05) is 0 Å². The molecule has 0 radical (unpaired) electrons. The van der Waals surface area contributed by atoms with E-state index >= 15 is 0 Å². The molecule has 1 N–H and O–H groups in total. The first-order valence-electron chi connectivity index (χ1n) is 5.78. The molecule has 0 amide bonds. The summed E-state index contributed by atoms with van der Waals surface area (Å²) < 4.78 is 1.22. The number of hydrogen-bond donors (Lipinski definition) is 1. The number of halogens is 1. The first kappa shape index (κ1) is 9.86. The number of rotatable bonds is 2. The van der Waals surface area contributed by atoms with E-state index in [-0.39, 0.29) is 0 Å². The lowest BCUT2D eigenvalue weighted by atomic mass is 9.82. The lowest BCUT2D eigenvalue weighted by Crippen LogP contribution is -2.22. The van der Waals surface area contributed by atoms with Crippen LogP contribution < -0.4 is 5.32 Å². The van der Waals surface area contributed by atoms with Crippen LogP contribution in [0.2, 0.25) is 0 Å². The minimum Gasteiger partial charge on any atom is -0.316 e. The summed E-state index contributed by atoms with van der Waals surface area (Å²) in [6.45, 7) is 2.42. The third-order valence-electron chi connectivity index (χ3n) is 4.03. The Morgan fingerprint density at radius 3 is 2.80 bits per heavy atom. The highest BCUT2D eigenvalue weighted by molar-refractivity contribution is 9.10. The summed E-state index contributed by atoms with van der Waals surface area (Å²) in [6.07, 6.45) is 4.12. The Labute approximate surface area is 99.4 Å². The molecule has 0 aromatic heterocycles. The normalized spacial score (nSPS) is 27.9. The van der Waals surface area contributed by atoms with Gasteiger partial charge in [-0.1, -0.05) is 28.1 Å². The van der Waals surface area contributed by atoms with Gasteiger partial charge in [0.2, 0.25) is 0 Å². The molecule has 1 aliphatic carbocycles. The van der Waals surface area contributed by atoms with Gasteiger partial charge in [-0.05, 0) is 61.4 Å². The highest BCUT2D eigenvalue weighted by Gasteiger charge is 2.50. The summed E-state index contributed by atoms with van der Waals surface area (Å²) in [5.74, 6) is 0.867. The molecule has 2 aliphatic rings. The van der Waals surface area contributed by atoms with Crippen molar-refractivity contribution in [2.45, 2.75) is 24.7 Å². The zero-order valence-electron chi connectivity index (χ0n) is 8.80. The largest absolute Gasteiger partial charge is 0.316 e. The molecule has 1 nitrogen and oxygen atoms in total. The van der Waals surface area contributed by atoms with E-state index in [0.717, 1.165) is 5.92 Å². The summed E-state index contributed by atoms with van der Waals surface area (Å²) in [4.78, 5) is 0. The molecule has 1 aliphatic heterocycles. The van der Waals surface area contributed by atoms with Crippen molar-refractivity contribution < 1.29 is 0 Å². The molecule has 0 bridgehead atoms. The van der Waals surface area contributed by atoms with Gasteiger partial charge in [0, 0.05) is 4.47 Å². The fraction of sp³-hybridized carbons (Fsp3) is 0.538. The third kappa shape index (κ3) is 1.64. The van der Waals surface area contributed by atoms with Crippen molar-refractivity contribution in [1.29, 1.82) is 0 Å². The molecule has 80 valence electrons. The van der Waals surface area contributed by atoms with Gasteiger partial charge in [-0.15, -0.1) is 0 Å². The van der Waals surface area contributed by atoms with Gasteiger partial charge >= 0.3 is 0 Å². The van der Waals surface area contributed by atoms with Crippen LogP contribution >= 0.6 is 15.9 Å². The summed E-state index contributed by atoms with van der Waals surface area (Å²) >= 11 is 3.58. The van der Waals surface area contributed by atoms with Crippen molar-refractivity contribution in [3.63, 3.8) is 0 Å². The Bertz CT molecular complexity index is 365. The quantitative estimate of drug-likeness (QED) is 0.867. The fourth-order valence-electron chi connectivity index (χ4n) is 2.99. The summed E-state index contributed by atoms with van der Waals surface area (Å²) in [7, 11) is 0. The molecule has 1 atom stereocenters. The Morgan fingerprint density at radius 1 is 1.33 bits per heavy atom. The van der Waals surface area contributed by atoms with Crippen LogP contribution in [0.25, 0.3) is 0 Å². The van der Waals surface area contributed by atoms with Crippen LogP contribution in [0.15, 0.2) is 28.7 Å². The van der Waals surface area contributed by atoms with Crippen molar-refractivity contribution in [1.82, 2.24) is 5.32 Å². The van der Waals surface area contributed by atoms with Crippen molar-refractivity contribution in [2.24, 2.45) is 5.92 Å². The Kier molecular flexibility index (Phi) is 2.37. The number of benzene rings is 1. The van der Waals surface area contributed by atoms with Crippen molar-refractivity contribution in [3.8, 4) is 0 Å². The van der Waals surface area contributed by atoms with Crippen LogP contribution in [-0.4, -0.2) is 13.1 Å². The molecule has 1 saturated carbocycles. The van der Waals surface area contributed by atoms with Crippen LogP contribution in [-0.2, 0) is 5.41 Å². The van der Waals surface area contributed by atoms with E-state index in [9.17, 15) is 0 Å². The van der Waals surface area contributed by atoms with Gasteiger partial charge in [0.15, 0.2) is 0 Å². The van der Waals surface area contributed by atoms with Crippen LogP contribution in [0.4, 0.5) is 0 Å². The molecule has 1 saturated heterocycles. The predicted octanol–water partition coefficient (Wildman–Crippen LogP) is 3.09. The zero-order chi connectivity index (χ0) is 10.3. The standard InChI is InChI=1S/C13H16BrN/c14-12-3-1-2-10(8-12)13(5-6-13)11-4-7-15-9-11/h1-3,8,11,15H,4-7,9H2. The highest BCUT2D eigenvalue weighted by Crippen LogP contribution is 2.55. The molecule has 15 heavy (non-hydrogen) atoms. The second-order valence-electron chi connectivity index (χ2n) is 4.86. The van der Waals surface area contributed by atoms with Gasteiger partial charge in [-0.25, -0.2) is 0 Å². The summed E-state index contributed by atoms with van der Waals surface area (Å²) in [5, 5.41) is 3.49. The maximum absolute atomic E-state index is 3.58. The van der Waals surface area contributed by atoms with E-state index in [0.29, 0.717) is 5.41 Å². The van der Waals surface area contributed by atoms with E-state index in [1.54, 1.807) is 5.56 Å². The smallest absolute Gasteiger partial charge is 0.0178 e. The average Bonchev–Trinajstić information content (AvgIpc) is 2.87. The van der Waals surface area contributed by atoms with Crippen LogP contribution in [0, 0.1) is 5.92 Å². The molecule has 1 aromatic rings. The Balaban J connectivity index is 1.92. The maximum Gasteiger partial charge on any atom is 0.0178 e. The Hall–Kier alpha value is -0.340. The molecule has 1 unspecified atom stereocenters. The van der Waals surface area contributed by atoms with Gasteiger partial charge in [0.05, 0.1) is 0 Å². The molecular formula is C13H16BrN. The molecule has 2 heteroatoms. The summed E-state index contributed by atoms with van der Waals surface area (Å²) in [6, 6.07) is 8.90. The van der Waals surface area contributed by atoms with Gasteiger partial charge in [-0.2, -0.15) is 0 Å². The molecule has 2 fully saturated rings. The van der Waals surface area contributed by atoms with Gasteiger partial charge in [-0.3, -0.25) is 0 Å². The first-order valence-corrected chi connectivity index (χ1v) is 6.57. The monoisotopic (exact) mass is 265 g/mol. The van der Waals surface area contributed by atoms with Crippen molar-refractivity contribution in [2.75, 3.05) is 13.1 Å². The molecule has 1 heterocycles. The molecule has 0 spiro atoms. The lowest BCUT2D eigenvalue weighted by Gasteiger charge is -2.22. The van der Waals surface area contributed by atoms with E-state index in [2.05, 4.69) is 45.5 Å². The van der Waals surface area contributed by atoms with Crippen LogP contribution in [0.5, 0.6) is 0 Å². The average molecular weight is 266 g/mol. The van der Waals surface area contributed by atoms with Gasteiger partial charge in [0.25, 0.3) is 0 Å². The van der Waals surface area contributed by atoms with Crippen molar-refractivity contribution >= 4 is 15.9 Å². The highest BCUT2D eigenvalue weighted by atomic mass is 79.9. The molecule has 1 aromatic carbocycles. The van der Waals surface area contributed by atoms with Crippen LogP contribution in [0.1, 0.15) is 24.8 Å². The maximum atomic E-state index is 3.58. The predicted molar refractivity (Wildman–Crippen MR) is 66.0 cm³/mol. The van der Waals surface area contributed by atoms with Gasteiger partial charge in [0.1, 0.15) is 0 Å². The zero-order valence-corrected chi connectivity index (χ0v) is 10.4.